The van der Waals surface area contributed by atoms with Gasteiger partial charge in [-0.25, -0.2) is 0 Å². The van der Waals surface area contributed by atoms with Gasteiger partial charge in [-0.1, -0.05) is 34.1 Å². The van der Waals surface area contributed by atoms with Gasteiger partial charge in [-0.2, -0.15) is 0 Å². The average molecular weight is 282 g/mol. The van der Waals surface area contributed by atoms with Crippen molar-refractivity contribution >= 4 is 21.9 Å². The second-order valence-corrected chi connectivity index (χ2v) is 4.14. The minimum absolute atomic E-state index is 0.707. The Hall–Kier alpha value is -1.29. The number of nitrogens with one attached hydrogen (secondary N) is 2. The standard InChI is InChI=1S/C12H16BrN3/c1-3-7-15-12(14-2)16-9-10-5-4-6-11(13)8-10/h3-6,8H,1,7,9H2,2H3,(H2,14,15,16). The van der Waals surface area contributed by atoms with Crippen LogP contribution < -0.4 is 10.6 Å². The molecule has 0 amide bonds. The topological polar surface area (TPSA) is 36.4 Å². The quantitative estimate of drug-likeness (QED) is 0.505. The zero-order valence-electron chi connectivity index (χ0n) is 9.33. The summed E-state index contributed by atoms with van der Waals surface area (Å²) >= 11 is 3.44. The summed E-state index contributed by atoms with van der Waals surface area (Å²) in [6.07, 6.45) is 1.80. The summed E-state index contributed by atoms with van der Waals surface area (Å²) < 4.78 is 1.08. The van der Waals surface area contributed by atoms with Gasteiger partial charge in [-0.15, -0.1) is 6.58 Å². The molecule has 3 nitrogen and oxygen atoms in total. The highest BCUT2D eigenvalue weighted by molar-refractivity contribution is 9.10. The second kappa shape index (κ2) is 7.06. The molecule has 0 atom stereocenters. The van der Waals surface area contributed by atoms with Crippen LogP contribution in [0.4, 0.5) is 0 Å². The Bertz CT molecular complexity index is 374. The molecule has 86 valence electrons. The molecule has 0 aliphatic rings. The van der Waals surface area contributed by atoms with Gasteiger partial charge < -0.3 is 10.6 Å². The Morgan fingerprint density at radius 2 is 2.31 bits per heavy atom. The predicted octanol–water partition coefficient (Wildman–Crippen LogP) is 2.30. The van der Waals surface area contributed by atoms with Crippen LogP contribution in [0.2, 0.25) is 0 Å². The van der Waals surface area contributed by atoms with Gasteiger partial charge >= 0.3 is 0 Å². The molecule has 0 aliphatic heterocycles. The minimum atomic E-state index is 0.707. The van der Waals surface area contributed by atoms with E-state index < -0.39 is 0 Å². The smallest absolute Gasteiger partial charge is 0.191 e. The van der Waals surface area contributed by atoms with E-state index in [0.717, 1.165) is 17.0 Å². The van der Waals surface area contributed by atoms with Crippen LogP contribution in [0, 0.1) is 0 Å². The van der Waals surface area contributed by atoms with E-state index in [-0.39, 0.29) is 0 Å². The van der Waals surface area contributed by atoms with Crippen LogP contribution in [0.25, 0.3) is 0 Å². The summed E-state index contributed by atoms with van der Waals surface area (Å²) in [6.45, 7) is 5.10. The molecule has 0 bridgehead atoms. The first-order valence-electron chi connectivity index (χ1n) is 5.06. The maximum absolute atomic E-state index is 4.10. The van der Waals surface area contributed by atoms with E-state index in [1.54, 1.807) is 13.1 Å². The number of hydrogen-bond acceptors (Lipinski definition) is 1. The molecule has 1 aromatic rings. The van der Waals surface area contributed by atoms with Crippen LogP contribution in [0.3, 0.4) is 0 Å². The lowest BCUT2D eigenvalue weighted by molar-refractivity contribution is 0.847. The highest BCUT2D eigenvalue weighted by Crippen LogP contribution is 2.11. The predicted molar refractivity (Wildman–Crippen MR) is 72.5 cm³/mol. The molecule has 0 spiro atoms. The molecule has 0 unspecified atom stereocenters. The first kappa shape index (κ1) is 12.8. The van der Waals surface area contributed by atoms with Gasteiger partial charge in [0.05, 0.1) is 0 Å². The van der Waals surface area contributed by atoms with E-state index in [2.05, 4.69) is 50.3 Å². The van der Waals surface area contributed by atoms with E-state index >= 15 is 0 Å². The van der Waals surface area contributed by atoms with Crippen molar-refractivity contribution in [2.24, 2.45) is 4.99 Å². The molecule has 1 rings (SSSR count). The van der Waals surface area contributed by atoms with Crippen molar-refractivity contribution in [1.82, 2.24) is 10.6 Å². The maximum atomic E-state index is 4.10. The number of halogens is 1. The van der Waals surface area contributed by atoms with E-state index in [1.807, 2.05) is 12.1 Å². The van der Waals surface area contributed by atoms with Crippen LogP contribution >= 0.6 is 15.9 Å². The summed E-state index contributed by atoms with van der Waals surface area (Å²) in [4.78, 5) is 4.10. The fraction of sp³-hybridized carbons (Fsp3) is 0.250. The molecule has 2 N–H and O–H groups in total. The molecule has 0 saturated heterocycles. The number of rotatable bonds is 4. The fourth-order valence-electron chi connectivity index (χ4n) is 1.22. The largest absolute Gasteiger partial charge is 0.353 e. The summed E-state index contributed by atoms with van der Waals surface area (Å²) in [5.74, 6) is 0.778. The van der Waals surface area contributed by atoms with Gasteiger partial charge in [0.15, 0.2) is 5.96 Å². The van der Waals surface area contributed by atoms with Crippen molar-refractivity contribution in [3.8, 4) is 0 Å². The van der Waals surface area contributed by atoms with Gasteiger partial charge in [0.1, 0.15) is 0 Å². The average Bonchev–Trinajstić information content (AvgIpc) is 2.29. The van der Waals surface area contributed by atoms with Gasteiger partial charge in [0.25, 0.3) is 0 Å². The van der Waals surface area contributed by atoms with Crippen LogP contribution in [0.5, 0.6) is 0 Å². The van der Waals surface area contributed by atoms with Gasteiger partial charge in [0, 0.05) is 24.6 Å². The number of aliphatic imine (C=N–C) groups is 1. The number of hydrogen-bond donors (Lipinski definition) is 2. The third-order valence-corrected chi connectivity index (χ3v) is 2.48. The van der Waals surface area contributed by atoms with Gasteiger partial charge in [0.2, 0.25) is 0 Å². The Morgan fingerprint density at radius 3 is 2.94 bits per heavy atom. The van der Waals surface area contributed by atoms with Gasteiger partial charge in [-0.05, 0) is 17.7 Å². The Morgan fingerprint density at radius 1 is 1.50 bits per heavy atom. The minimum Gasteiger partial charge on any atom is -0.353 e. The molecule has 0 radical (unpaired) electrons. The summed E-state index contributed by atoms with van der Waals surface area (Å²) in [7, 11) is 1.75. The third-order valence-electron chi connectivity index (χ3n) is 1.99. The lowest BCUT2D eigenvalue weighted by Crippen LogP contribution is -2.36. The Kier molecular flexibility index (Phi) is 5.64. The normalized spacial score (nSPS) is 11.0. The van der Waals surface area contributed by atoms with Crippen molar-refractivity contribution in [3.05, 3.63) is 47.0 Å². The highest BCUT2D eigenvalue weighted by atomic mass is 79.9. The third kappa shape index (κ3) is 4.49. The number of guanidine groups is 1. The van der Waals surface area contributed by atoms with Crippen molar-refractivity contribution < 1.29 is 0 Å². The lowest BCUT2D eigenvalue weighted by atomic mass is 10.2. The Labute approximate surface area is 105 Å². The van der Waals surface area contributed by atoms with E-state index in [1.165, 1.54) is 5.56 Å². The van der Waals surface area contributed by atoms with Crippen LogP contribution in [0.15, 0.2) is 46.4 Å². The molecule has 1 aromatic carbocycles. The lowest BCUT2D eigenvalue weighted by Gasteiger charge is -2.10. The summed E-state index contributed by atoms with van der Waals surface area (Å²) in [5, 5.41) is 6.33. The van der Waals surface area contributed by atoms with Crippen LogP contribution in [-0.2, 0) is 6.54 Å². The molecule has 0 saturated carbocycles. The number of benzene rings is 1. The van der Waals surface area contributed by atoms with Crippen LogP contribution in [-0.4, -0.2) is 19.6 Å². The van der Waals surface area contributed by atoms with E-state index in [0.29, 0.717) is 6.54 Å². The second-order valence-electron chi connectivity index (χ2n) is 3.23. The zero-order valence-corrected chi connectivity index (χ0v) is 10.9. The van der Waals surface area contributed by atoms with Crippen LogP contribution in [0.1, 0.15) is 5.56 Å². The van der Waals surface area contributed by atoms with Crippen molar-refractivity contribution in [3.63, 3.8) is 0 Å². The fourth-order valence-corrected chi connectivity index (χ4v) is 1.67. The molecule has 16 heavy (non-hydrogen) atoms. The van der Waals surface area contributed by atoms with Crippen molar-refractivity contribution in [1.29, 1.82) is 0 Å². The molecule has 4 heteroatoms. The highest BCUT2D eigenvalue weighted by Gasteiger charge is 1.97. The maximum Gasteiger partial charge on any atom is 0.191 e. The summed E-state index contributed by atoms with van der Waals surface area (Å²) in [6, 6.07) is 8.17. The van der Waals surface area contributed by atoms with E-state index in [4.69, 9.17) is 0 Å². The molecular formula is C12H16BrN3. The first-order valence-corrected chi connectivity index (χ1v) is 5.85. The molecular weight excluding hydrogens is 266 g/mol. The van der Waals surface area contributed by atoms with Gasteiger partial charge in [-0.3, -0.25) is 4.99 Å². The molecule has 0 fully saturated rings. The first-order chi connectivity index (χ1) is 7.76. The monoisotopic (exact) mass is 281 g/mol. The Balaban J connectivity index is 2.46. The zero-order chi connectivity index (χ0) is 11.8. The molecule has 0 aromatic heterocycles. The molecule has 0 aliphatic carbocycles. The SMILES string of the molecule is C=CCNC(=NC)NCc1cccc(Br)c1. The van der Waals surface area contributed by atoms with E-state index in [9.17, 15) is 0 Å². The number of nitrogens with zero attached hydrogens (tertiary/aromatic N) is 1. The van der Waals surface area contributed by atoms with Crippen molar-refractivity contribution in [2.45, 2.75) is 6.54 Å². The molecule has 0 heterocycles. The van der Waals surface area contributed by atoms with Crippen molar-refractivity contribution in [2.75, 3.05) is 13.6 Å². The summed E-state index contributed by atoms with van der Waals surface area (Å²) in [5.41, 5.74) is 1.20.